The molecule has 5 heteroatoms. The van der Waals surface area contributed by atoms with Crippen LogP contribution in [0.1, 0.15) is 75.4 Å². The second-order valence-electron chi connectivity index (χ2n) is 6.27. The molecule has 0 bridgehead atoms. The zero-order chi connectivity index (χ0) is 14.0. The molecule has 0 aliphatic heterocycles. The van der Waals surface area contributed by atoms with E-state index in [1.54, 1.807) is 7.11 Å². The van der Waals surface area contributed by atoms with Crippen molar-refractivity contribution in [3.8, 4) is 0 Å². The molecule has 1 aromatic rings. The number of methoxy groups -OCH3 is 1. The number of aromatic nitrogens is 2. The number of hydrogen-bond donors (Lipinski definition) is 1. The highest BCUT2D eigenvalue weighted by molar-refractivity contribution is 5.07. The molecule has 2 fully saturated rings. The fourth-order valence-electron chi connectivity index (χ4n) is 3.68. The maximum Gasteiger partial charge on any atom is 0.231 e. The minimum absolute atomic E-state index is 0.155. The molecule has 2 unspecified atom stereocenters. The molecule has 3 rings (SSSR count). The average molecular weight is 279 g/mol. The Bertz CT molecular complexity index is 440. The summed E-state index contributed by atoms with van der Waals surface area (Å²) in [6, 6.07) is 0.155. The number of hydrogen-bond acceptors (Lipinski definition) is 5. The van der Waals surface area contributed by atoms with Gasteiger partial charge in [-0.2, -0.15) is 4.98 Å². The van der Waals surface area contributed by atoms with Gasteiger partial charge in [-0.3, -0.25) is 0 Å². The van der Waals surface area contributed by atoms with E-state index >= 15 is 0 Å². The first-order valence-corrected chi connectivity index (χ1v) is 7.90. The third-order valence-corrected chi connectivity index (χ3v) is 5.04. The highest BCUT2D eigenvalue weighted by Gasteiger charge is 2.39. The third-order valence-electron chi connectivity index (χ3n) is 5.04. The van der Waals surface area contributed by atoms with Gasteiger partial charge in [0.2, 0.25) is 11.7 Å². The summed E-state index contributed by atoms with van der Waals surface area (Å²) in [4.78, 5) is 4.67. The Hall–Kier alpha value is -0.940. The summed E-state index contributed by atoms with van der Waals surface area (Å²) in [6.07, 6.45) is 10.1. The van der Waals surface area contributed by atoms with E-state index in [2.05, 4.69) is 10.1 Å². The molecular weight excluding hydrogens is 254 g/mol. The van der Waals surface area contributed by atoms with E-state index in [9.17, 15) is 0 Å². The second kappa shape index (κ2) is 5.82. The highest BCUT2D eigenvalue weighted by Crippen LogP contribution is 2.39. The van der Waals surface area contributed by atoms with Gasteiger partial charge in [0.1, 0.15) is 5.60 Å². The quantitative estimate of drug-likeness (QED) is 0.921. The number of nitrogens with zero attached hydrogens (tertiary/aromatic N) is 2. The molecule has 2 N–H and O–H groups in total. The van der Waals surface area contributed by atoms with Gasteiger partial charge in [0.15, 0.2) is 0 Å². The number of nitrogens with two attached hydrogens (primary N) is 1. The van der Waals surface area contributed by atoms with Crippen molar-refractivity contribution in [1.82, 2.24) is 10.1 Å². The lowest BCUT2D eigenvalue weighted by molar-refractivity contribution is -0.0527. The summed E-state index contributed by atoms with van der Waals surface area (Å²) in [5, 5.41) is 4.23. The van der Waals surface area contributed by atoms with Crippen molar-refractivity contribution < 1.29 is 9.26 Å². The lowest BCUT2D eigenvalue weighted by Crippen LogP contribution is -2.33. The largest absolute Gasteiger partial charge is 0.370 e. The Morgan fingerprint density at radius 3 is 2.60 bits per heavy atom. The zero-order valence-electron chi connectivity index (χ0n) is 12.3. The summed E-state index contributed by atoms with van der Waals surface area (Å²) in [5.74, 6) is 1.67. The summed E-state index contributed by atoms with van der Waals surface area (Å²) in [6.45, 7) is 0. The van der Waals surface area contributed by atoms with Crippen molar-refractivity contribution >= 4 is 0 Å². The molecule has 0 saturated heterocycles. The molecule has 2 atom stereocenters. The van der Waals surface area contributed by atoms with Crippen LogP contribution in [0.3, 0.4) is 0 Å². The van der Waals surface area contributed by atoms with E-state index in [0.717, 1.165) is 31.5 Å². The maximum absolute atomic E-state index is 6.21. The molecule has 112 valence electrons. The lowest BCUT2D eigenvalue weighted by atomic mass is 9.83. The molecule has 20 heavy (non-hydrogen) atoms. The molecule has 5 nitrogen and oxygen atoms in total. The van der Waals surface area contributed by atoms with Gasteiger partial charge in [-0.1, -0.05) is 37.3 Å². The van der Waals surface area contributed by atoms with E-state index in [-0.39, 0.29) is 17.6 Å². The van der Waals surface area contributed by atoms with E-state index < -0.39 is 0 Å². The number of rotatable bonds is 3. The minimum atomic E-state index is -0.335. The van der Waals surface area contributed by atoms with Gasteiger partial charge in [0, 0.05) is 13.2 Å². The standard InChI is InChI=1S/C15H25N3O2/c1-19-15(9-5-2-6-10-15)14-17-13(20-18-14)11-7-3-4-8-12(11)16/h11-12H,2-10,16H2,1H3. The van der Waals surface area contributed by atoms with Crippen LogP contribution < -0.4 is 5.73 Å². The first-order chi connectivity index (χ1) is 9.75. The highest BCUT2D eigenvalue weighted by atomic mass is 16.5. The molecule has 0 radical (unpaired) electrons. The normalized spacial score (nSPS) is 30.3. The van der Waals surface area contributed by atoms with Crippen molar-refractivity contribution in [3.63, 3.8) is 0 Å². The average Bonchev–Trinajstić information content (AvgIpc) is 2.98. The van der Waals surface area contributed by atoms with Crippen molar-refractivity contribution in [2.45, 2.75) is 75.3 Å². The maximum atomic E-state index is 6.21. The predicted octanol–water partition coefficient (Wildman–Crippen LogP) is 2.86. The Kier molecular flexibility index (Phi) is 4.08. The molecule has 2 saturated carbocycles. The number of ether oxygens (including phenoxy) is 1. The Morgan fingerprint density at radius 1 is 1.15 bits per heavy atom. The smallest absolute Gasteiger partial charge is 0.231 e. The van der Waals surface area contributed by atoms with Crippen molar-refractivity contribution in [2.24, 2.45) is 5.73 Å². The van der Waals surface area contributed by atoms with E-state index in [1.165, 1.54) is 32.1 Å². The van der Waals surface area contributed by atoms with Crippen LogP contribution in [-0.2, 0) is 10.3 Å². The van der Waals surface area contributed by atoms with Crippen molar-refractivity contribution in [1.29, 1.82) is 0 Å². The molecule has 0 spiro atoms. The fraction of sp³-hybridized carbons (Fsp3) is 0.867. The van der Waals surface area contributed by atoms with Gasteiger partial charge in [-0.25, -0.2) is 0 Å². The molecular formula is C15H25N3O2. The monoisotopic (exact) mass is 279 g/mol. The van der Waals surface area contributed by atoms with Gasteiger partial charge < -0.3 is 15.0 Å². The third kappa shape index (κ3) is 2.49. The summed E-state index contributed by atoms with van der Waals surface area (Å²) in [7, 11) is 1.76. The first kappa shape index (κ1) is 14.0. The van der Waals surface area contributed by atoms with Crippen molar-refractivity contribution in [3.05, 3.63) is 11.7 Å². The fourth-order valence-corrected chi connectivity index (χ4v) is 3.68. The van der Waals surface area contributed by atoms with Crippen LogP contribution in [0.5, 0.6) is 0 Å². The molecule has 1 aromatic heterocycles. The van der Waals surface area contributed by atoms with Crippen LogP contribution in [0.15, 0.2) is 4.52 Å². The molecule has 1 heterocycles. The van der Waals surface area contributed by atoms with E-state index in [1.807, 2.05) is 0 Å². The Morgan fingerprint density at radius 2 is 1.90 bits per heavy atom. The molecule has 2 aliphatic carbocycles. The van der Waals surface area contributed by atoms with Crippen LogP contribution in [0, 0.1) is 0 Å². The van der Waals surface area contributed by atoms with Crippen LogP contribution in [0.25, 0.3) is 0 Å². The summed E-state index contributed by atoms with van der Waals surface area (Å²) >= 11 is 0. The Balaban J connectivity index is 1.81. The first-order valence-electron chi connectivity index (χ1n) is 7.90. The molecule has 2 aliphatic rings. The van der Waals surface area contributed by atoms with Gasteiger partial charge in [-0.05, 0) is 25.7 Å². The van der Waals surface area contributed by atoms with Crippen LogP contribution >= 0.6 is 0 Å². The predicted molar refractivity (Wildman–Crippen MR) is 75.3 cm³/mol. The van der Waals surface area contributed by atoms with Gasteiger partial charge >= 0.3 is 0 Å². The second-order valence-corrected chi connectivity index (χ2v) is 6.27. The van der Waals surface area contributed by atoms with E-state index in [4.69, 9.17) is 15.0 Å². The van der Waals surface area contributed by atoms with Crippen LogP contribution in [-0.4, -0.2) is 23.3 Å². The Labute approximate surface area is 120 Å². The van der Waals surface area contributed by atoms with Crippen LogP contribution in [0.2, 0.25) is 0 Å². The summed E-state index contributed by atoms with van der Waals surface area (Å²) in [5.41, 5.74) is 5.87. The SMILES string of the molecule is COC1(c2noc(C3CCCCC3N)n2)CCCCC1. The topological polar surface area (TPSA) is 74.2 Å². The summed E-state index contributed by atoms with van der Waals surface area (Å²) < 4.78 is 11.3. The van der Waals surface area contributed by atoms with Gasteiger partial charge in [0.25, 0.3) is 0 Å². The molecule has 0 amide bonds. The molecule has 0 aromatic carbocycles. The van der Waals surface area contributed by atoms with Gasteiger partial charge in [-0.15, -0.1) is 0 Å². The zero-order valence-corrected chi connectivity index (χ0v) is 12.3. The van der Waals surface area contributed by atoms with Crippen molar-refractivity contribution in [2.75, 3.05) is 7.11 Å². The minimum Gasteiger partial charge on any atom is -0.370 e. The van der Waals surface area contributed by atoms with Gasteiger partial charge in [0.05, 0.1) is 5.92 Å². The van der Waals surface area contributed by atoms with Crippen LogP contribution in [0.4, 0.5) is 0 Å². The lowest BCUT2D eigenvalue weighted by Gasteiger charge is -2.32. The van der Waals surface area contributed by atoms with E-state index in [0.29, 0.717) is 5.89 Å².